The number of benzene rings is 2. The number of aromatic nitrogens is 2. The monoisotopic (exact) mass is 334 g/mol. The molecule has 0 bridgehead atoms. The highest BCUT2D eigenvalue weighted by Gasteiger charge is 2.01. The van der Waals surface area contributed by atoms with Crippen molar-refractivity contribution in [2.24, 2.45) is 0 Å². The third-order valence-electron chi connectivity index (χ3n) is 3.84. The Morgan fingerprint density at radius 3 is 2.56 bits per heavy atom. The Hall–Kier alpha value is -3.08. The summed E-state index contributed by atoms with van der Waals surface area (Å²) in [4.78, 5) is 8.54. The molecule has 0 saturated heterocycles. The van der Waals surface area contributed by atoms with Crippen molar-refractivity contribution in [2.75, 3.05) is 24.3 Å². The molecule has 0 unspecified atom stereocenters. The first-order valence-corrected chi connectivity index (χ1v) is 8.25. The van der Waals surface area contributed by atoms with E-state index in [2.05, 4.69) is 45.7 Å². The second-order valence-corrected chi connectivity index (χ2v) is 5.81. The van der Waals surface area contributed by atoms with Crippen molar-refractivity contribution < 1.29 is 4.74 Å². The van der Waals surface area contributed by atoms with Gasteiger partial charge in [-0.2, -0.15) is 0 Å². The maximum Gasteiger partial charge on any atom is 0.135 e. The van der Waals surface area contributed by atoms with E-state index in [0.29, 0.717) is 0 Å². The number of nitrogens with one attached hydrogen (secondary N) is 2. The van der Waals surface area contributed by atoms with Gasteiger partial charge in [0.15, 0.2) is 0 Å². The van der Waals surface area contributed by atoms with Crippen molar-refractivity contribution >= 4 is 17.3 Å². The molecule has 3 aromatic rings. The van der Waals surface area contributed by atoms with Crippen LogP contribution in [0.2, 0.25) is 0 Å². The van der Waals surface area contributed by atoms with Crippen LogP contribution in [0.1, 0.15) is 11.1 Å². The summed E-state index contributed by atoms with van der Waals surface area (Å²) in [5.41, 5.74) is 3.46. The number of rotatable bonds is 7. The first-order valence-electron chi connectivity index (χ1n) is 8.25. The van der Waals surface area contributed by atoms with Gasteiger partial charge >= 0.3 is 0 Å². The van der Waals surface area contributed by atoms with Gasteiger partial charge in [-0.3, -0.25) is 0 Å². The molecule has 0 atom stereocenters. The van der Waals surface area contributed by atoms with Crippen molar-refractivity contribution in [1.82, 2.24) is 9.97 Å². The first-order chi connectivity index (χ1) is 12.2. The molecule has 0 amide bonds. The SMILES string of the molecule is COc1cccc(CCNc2cc(Nc3ccc(C)cc3)ncn2)c1. The van der Waals surface area contributed by atoms with E-state index < -0.39 is 0 Å². The van der Waals surface area contributed by atoms with Gasteiger partial charge in [0.1, 0.15) is 23.7 Å². The zero-order valence-corrected chi connectivity index (χ0v) is 14.5. The standard InChI is InChI=1S/C20H22N4O/c1-15-6-8-17(9-7-15)24-20-13-19(22-14-23-20)21-11-10-16-4-3-5-18(12-16)25-2/h3-9,12-14H,10-11H2,1-2H3,(H2,21,22,23,24). The van der Waals surface area contributed by atoms with Crippen LogP contribution in [0, 0.1) is 6.92 Å². The lowest BCUT2D eigenvalue weighted by molar-refractivity contribution is 0.414. The fraction of sp³-hybridized carbons (Fsp3) is 0.200. The normalized spacial score (nSPS) is 10.3. The summed E-state index contributed by atoms with van der Waals surface area (Å²) in [7, 11) is 1.68. The fourth-order valence-electron chi connectivity index (χ4n) is 2.47. The molecule has 0 aliphatic heterocycles. The molecule has 0 spiro atoms. The van der Waals surface area contributed by atoms with Crippen LogP contribution in [0.5, 0.6) is 5.75 Å². The van der Waals surface area contributed by atoms with E-state index in [1.807, 2.05) is 36.4 Å². The van der Waals surface area contributed by atoms with Crippen LogP contribution in [0.3, 0.4) is 0 Å². The van der Waals surface area contributed by atoms with Gasteiger partial charge in [0.05, 0.1) is 7.11 Å². The van der Waals surface area contributed by atoms with E-state index in [4.69, 9.17) is 4.74 Å². The van der Waals surface area contributed by atoms with Crippen LogP contribution >= 0.6 is 0 Å². The summed E-state index contributed by atoms with van der Waals surface area (Å²) in [5.74, 6) is 2.44. The maximum absolute atomic E-state index is 5.25. The first kappa shape index (κ1) is 16.8. The van der Waals surface area contributed by atoms with Crippen LogP contribution in [-0.4, -0.2) is 23.6 Å². The smallest absolute Gasteiger partial charge is 0.135 e. The number of hydrogen-bond acceptors (Lipinski definition) is 5. The van der Waals surface area contributed by atoms with Gasteiger partial charge in [-0.15, -0.1) is 0 Å². The van der Waals surface area contributed by atoms with Crippen LogP contribution in [0.4, 0.5) is 17.3 Å². The van der Waals surface area contributed by atoms with Gasteiger partial charge in [0, 0.05) is 18.3 Å². The van der Waals surface area contributed by atoms with Gasteiger partial charge in [-0.1, -0.05) is 29.8 Å². The van der Waals surface area contributed by atoms with Crippen LogP contribution < -0.4 is 15.4 Å². The lowest BCUT2D eigenvalue weighted by Gasteiger charge is -2.09. The van der Waals surface area contributed by atoms with E-state index in [1.54, 1.807) is 13.4 Å². The zero-order chi connectivity index (χ0) is 17.5. The van der Waals surface area contributed by atoms with Gasteiger partial charge in [-0.25, -0.2) is 9.97 Å². The lowest BCUT2D eigenvalue weighted by Crippen LogP contribution is -2.07. The fourth-order valence-corrected chi connectivity index (χ4v) is 2.47. The molecule has 2 aromatic carbocycles. The Bertz CT molecular complexity index is 818. The van der Waals surface area contributed by atoms with Crippen molar-refractivity contribution in [3.63, 3.8) is 0 Å². The zero-order valence-electron chi connectivity index (χ0n) is 14.5. The molecule has 0 radical (unpaired) electrons. The Morgan fingerprint density at radius 1 is 0.960 bits per heavy atom. The van der Waals surface area contributed by atoms with Crippen LogP contribution in [0.15, 0.2) is 60.9 Å². The molecule has 0 saturated carbocycles. The molecule has 25 heavy (non-hydrogen) atoms. The topological polar surface area (TPSA) is 59.1 Å². The molecular formula is C20H22N4O. The highest BCUT2D eigenvalue weighted by atomic mass is 16.5. The summed E-state index contributed by atoms with van der Waals surface area (Å²) in [5, 5.41) is 6.62. The highest BCUT2D eigenvalue weighted by molar-refractivity contribution is 5.59. The predicted octanol–water partition coefficient (Wildman–Crippen LogP) is 4.19. The minimum atomic E-state index is 0.766. The molecule has 5 heteroatoms. The third-order valence-corrected chi connectivity index (χ3v) is 3.84. The molecule has 0 fully saturated rings. The second-order valence-electron chi connectivity index (χ2n) is 5.81. The van der Waals surface area contributed by atoms with Gasteiger partial charge in [-0.05, 0) is 43.2 Å². The Morgan fingerprint density at radius 2 is 1.76 bits per heavy atom. The van der Waals surface area contributed by atoms with Gasteiger partial charge in [0.25, 0.3) is 0 Å². The van der Waals surface area contributed by atoms with E-state index in [0.717, 1.165) is 36.0 Å². The Balaban J connectivity index is 1.57. The molecule has 1 aromatic heterocycles. The Kier molecular flexibility index (Phi) is 5.46. The Labute approximate surface area is 148 Å². The number of ether oxygens (including phenoxy) is 1. The average Bonchev–Trinajstić information content (AvgIpc) is 2.64. The largest absolute Gasteiger partial charge is 0.497 e. The lowest BCUT2D eigenvalue weighted by atomic mass is 10.1. The van der Waals surface area contributed by atoms with E-state index in [9.17, 15) is 0 Å². The summed E-state index contributed by atoms with van der Waals surface area (Å²) in [6.45, 7) is 2.85. The third kappa shape index (κ3) is 4.94. The van der Waals surface area contributed by atoms with Crippen molar-refractivity contribution in [3.8, 4) is 5.75 Å². The molecule has 128 valence electrons. The van der Waals surface area contributed by atoms with Crippen molar-refractivity contribution in [2.45, 2.75) is 13.3 Å². The molecule has 0 aliphatic rings. The predicted molar refractivity (Wildman–Crippen MR) is 102 cm³/mol. The summed E-state index contributed by atoms with van der Waals surface area (Å²) < 4.78 is 5.25. The van der Waals surface area contributed by atoms with E-state index in [1.165, 1.54) is 11.1 Å². The molecular weight excluding hydrogens is 312 g/mol. The van der Waals surface area contributed by atoms with E-state index in [-0.39, 0.29) is 0 Å². The summed E-state index contributed by atoms with van der Waals surface area (Å²) in [6, 6.07) is 18.2. The quantitative estimate of drug-likeness (QED) is 0.678. The molecule has 0 aliphatic carbocycles. The number of hydrogen-bond donors (Lipinski definition) is 2. The van der Waals surface area contributed by atoms with Crippen molar-refractivity contribution in [1.29, 1.82) is 0 Å². The van der Waals surface area contributed by atoms with E-state index >= 15 is 0 Å². The van der Waals surface area contributed by atoms with Crippen LogP contribution in [-0.2, 0) is 6.42 Å². The van der Waals surface area contributed by atoms with Gasteiger partial charge < -0.3 is 15.4 Å². The van der Waals surface area contributed by atoms with Crippen LogP contribution in [0.25, 0.3) is 0 Å². The number of aryl methyl sites for hydroxylation is 1. The van der Waals surface area contributed by atoms with Crippen molar-refractivity contribution in [3.05, 3.63) is 72.1 Å². The maximum atomic E-state index is 5.25. The minimum absolute atomic E-state index is 0.766. The summed E-state index contributed by atoms with van der Waals surface area (Å²) >= 11 is 0. The summed E-state index contributed by atoms with van der Waals surface area (Å²) in [6.07, 6.45) is 2.45. The second kappa shape index (κ2) is 8.15. The van der Waals surface area contributed by atoms with Gasteiger partial charge in [0.2, 0.25) is 0 Å². The number of methoxy groups -OCH3 is 1. The molecule has 3 rings (SSSR count). The molecule has 1 heterocycles. The number of nitrogens with zero attached hydrogens (tertiary/aromatic N) is 2. The highest BCUT2D eigenvalue weighted by Crippen LogP contribution is 2.17. The molecule has 2 N–H and O–H groups in total. The molecule has 5 nitrogen and oxygen atoms in total. The minimum Gasteiger partial charge on any atom is -0.497 e. The number of anilines is 3. The average molecular weight is 334 g/mol.